The summed E-state index contributed by atoms with van der Waals surface area (Å²) in [4.78, 5) is 9.45. The Hall–Kier alpha value is -1.99. The predicted octanol–water partition coefficient (Wildman–Crippen LogP) is 4.29. The van der Waals surface area contributed by atoms with Gasteiger partial charge < -0.3 is 5.73 Å². The van der Waals surface area contributed by atoms with Crippen LogP contribution in [0.3, 0.4) is 0 Å². The van der Waals surface area contributed by atoms with Crippen LogP contribution < -0.4 is 10.5 Å². The van der Waals surface area contributed by atoms with E-state index < -0.39 is 10.0 Å². The zero-order chi connectivity index (χ0) is 20.1. The Morgan fingerprint density at radius 2 is 1.93 bits per heavy atom. The molecule has 2 heterocycles. The Morgan fingerprint density at radius 1 is 1.14 bits per heavy atom. The minimum absolute atomic E-state index is 0.236. The van der Waals surface area contributed by atoms with Gasteiger partial charge in [0.05, 0.1) is 11.8 Å². The second-order valence-corrected chi connectivity index (χ2v) is 9.38. The number of aliphatic imine (C=N–C) groups is 1. The van der Waals surface area contributed by atoms with Crippen molar-refractivity contribution in [1.29, 1.82) is 0 Å². The maximum absolute atomic E-state index is 11.2. The number of nitrogens with zero attached hydrogens (tertiary/aromatic N) is 2. The van der Waals surface area contributed by atoms with Crippen molar-refractivity contribution in [1.82, 2.24) is 9.71 Å². The van der Waals surface area contributed by atoms with Crippen molar-refractivity contribution in [3.05, 3.63) is 29.8 Å². The molecule has 1 aliphatic rings. The van der Waals surface area contributed by atoms with Crippen molar-refractivity contribution in [2.45, 2.75) is 57.8 Å². The molecule has 0 fully saturated rings. The fraction of sp³-hybridized carbons (Fsp3) is 0.524. The number of nitrogen functional groups attached to an aromatic ring is 1. The lowest BCUT2D eigenvalue weighted by Crippen LogP contribution is -2.23. The molecule has 0 bridgehead atoms. The number of hydrogen-bond acceptors (Lipinski definition) is 5. The molecule has 6 nitrogen and oxygen atoms in total. The lowest BCUT2D eigenvalue weighted by atomic mass is 9.86. The Labute approximate surface area is 167 Å². The lowest BCUT2D eigenvalue weighted by Gasteiger charge is -2.17. The molecular formula is C21H30N4O2S. The number of fused-ring (bicyclic) bond motifs is 3. The molecule has 0 saturated carbocycles. The minimum Gasteiger partial charge on any atom is -0.382 e. The molecule has 1 aromatic heterocycles. The lowest BCUT2D eigenvalue weighted by molar-refractivity contribution is 0.578. The van der Waals surface area contributed by atoms with Crippen molar-refractivity contribution >= 4 is 38.1 Å². The minimum atomic E-state index is -3.13. The van der Waals surface area contributed by atoms with Crippen LogP contribution in [-0.2, 0) is 10.0 Å². The largest absolute Gasteiger partial charge is 0.382 e. The molecule has 1 atom stereocenters. The smallest absolute Gasteiger partial charge is 0.208 e. The highest BCUT2D eigenvalue weighted by atomic mass is 32.2. The van der Waals surface area contributed by atoms with E-state index in [1.54, 1.807) is 0 Å². The summed E-state index contributed by atoms with van der Waals surface area (Å²) in [7, 11) is -3.13. The number of pyridine rings is 1. The third-order valence-corrected chi connectivity index (χ3v) is 5.99. The number of nitrogens with one attached hydrogen (secondary N) is 1. The van der Waals surface area contributed by atoms with Crippen LogP contribution in [0.5, 0.6) is 0 Å². The summed E-state index contributed by atoms with van der Waals surface area (Å²) >= 11 is 0. The first-order valence-electron chi connectivity index (χ1n) is 10.1. The van der Waals surface area contributed by atoms with Crippen LogP contribution in [0.2, 0.25) is 0 Å². The standard InChI is InChI=1S/C21H30N4O2S/c1-3-4-5-12-17-15(11-8-9-14-23-28(2,26)27)19-16-10-6-7-13-18(16)25-21(22)20(19)24-17/h6-7,10,13,15,23H,3-5,8-9,11-12,14H2,1-2H3,(H2,22,25). The molecule has 2 aromatic rings. The van der Waals surface area contributed by atoms with Gasteiger partial charge in [-0.05, 0) is 37.3 Å². The molecule has 0 spiro atoms. The second-order valence-electron chi connectivity index (χ2n) is 7.55. The van der Waals surface area contributed by atoms with Crippen LogP contribution >= 0.6 is 0 Å². The SMILES string of the molecule is CCCCCC1=Nc2c(N)nc3ccccc3c2C1CCCCNS(C)(=O)=O. The van der Waals surface area contributed by atoms with Crippen LogP contribution in [0.4, 0.5) is 11.5 Å². The zero-order valence-corrected chi connectivity index (χ0v) is 17.6. The van der Waals surface area contributed by atoms with Crippen LogP contribution in [0.1, 0.15) is 63.4 Å². The van der Waals surface area contributed by atoms with Gasteiger partial charge in [-0.1, -0.05) is 44.4 Å². The summed E-state index contributed by atoms with van der Waals surface area (Å²) in [6.45, 7) is 2.67. The van der Waals surface area contributed by atoms with E-state index in [4.69, 9.17) is 10.7 Å². The van der Waals surface area contributed by atoms with Crippen molar-refractivity contribution in [3.63, 3.8) is 0 Å². The van der Waals surface area contributed by atoms with Gasteiger partial charge in [0.25, 0.3) is 0 Å². The molecule has 152 valence electrons. The predicted molar refractivity (Wildman–Crippen MR) is 117 cm³/mol. The van der Waals surface area contributed by atoms with Crippen molar-refractivity contribution in [2.75, 3.05) is 18.5 Å². The molecule has 1 unspecified atom stereocenters. The number of unbranched alkanes of at least 4 members (excludes halogenated alkanes) is 3. The summed E-state index contributed by atoms with van der Waals surface area (Å²) in [5.41, 5.74) is 10.4. The first-order valence-corrected chi connectivity index (χ1v) is 12.0. The molecule has 1 aliphatic heterocycles. The Kier molecular flexibility index (Phi) is 6.67. The number of nitrogens with two attached hydrogens (primary N) is 1. The molecule has 3 rings (SSSR count). The number of sulfonamides is 1. The Balaban J connectivity index is 1.82. The summed E-state index contributed by atoms with van der Waals surface area (Å²) in [5.74, 6) is 0.739. The maximum atomic E-state index is 11.2. The van der Waals surface area contributed by atoms with E-state index in [0.29, 0.717) is 12.4 Å². The fourth-order valence-corrected chi connectivity index (χ4v) is 4.45. The third kappa shape index (κ3) is 4.89. The summed E-state index contributed by atoms with van der Waals surface area (Å²) in [5, 5.41) is 1.13. The molecule has 7 heteroatoms. The Morgan fingerprint density at radius 3 is 2.68 bits per heavy atom. The van der Waals surface area contributed by atoms with Crippen LogP contribution in [0, 0.1) is 0 Å². The first kappa shape index (κ1) is 20.7. The van der Waals surface area contributed by atoms with Gasteiger partial charge in [-0.2, -0.15) is 0 Å². The molecule has 0 aliphatic carbocycles. The molecule has 0 saturated heterocycles. The van der Waals surface area contributed by atoms with E-state index in [1.807, 2.05) is 18.2 Å². The number of benzene rings is 1. The number of rotatable bonds is 10. The van der Waals surface area contributed by atoms with E-state index in [0.717, 1.165) is 48.7 Å². The Bertz CT molecular complexity index is 970. The highest BCUT2D eigenvalue weighted by molar-refractivity contribution is 7.88. The number of aromatic nitrogens is 1. The van der Waals surface area contributed by atoms with Gasteiger partial charge in [0.1, 0.15) is 11.5 Å². The van der Waals surface area contributed by atoms with Crippen molar-refractivity contribution < 1.29 is 8.42 Å². The number of hydrogen-bond donors (Lipinski definition) is 2. The van der Waals surface area contributed by atoms with Crippen LogP contribution in [0.25, 0.3) is 10.9 Å². The molecule has 28 heavy (non-hydrogen) atoms. The molecule has 1 aromatic carbocycles. The molecular weight excluding hydrogens is 372 g/mol. The molecule has 3 N–H and O–H groups in total. The monoisotopic (exact) mass is 402 g/mol. The van der Waals surface area contributed by atoms with Crippen LogP contribution in [0.15, 0.2) is 29.3 Å². The maximum Gasteiger partial charge on any atom is 0.208 e. The van der Waals surface area contributed by atoms with E-state index >= 15 is 0 Å². The van der Waals surface area contributed by atoms with E-state index in [2.05, 4.69) is 22.7 Å². The van der Waals surface area contributed by atoms with Gasteiger partial charge in [-0.25, -0.2) is 18.1 Å². The fourth-order valence-electron chi connectivity index (χ4n) is 3.93. The third-order valence-electron chi connectivity index (χ3n) is 5.26. The average molecular weight is 403 g/mol. The van der Waals surface area contributed by atoms with Crippen molar-refractivity contribution in [3.8, 4) is 0 Å². The molecule has 0 radical (unpaired) electrons. The number of para-hydroxylation sites is 1. The topological polar surface area (TPSA) is 97.4 Å². The summed E-state index contributed by atoms with van der Waals surface area (Å²) in [6.07, 6.45) is 8.33. The van der Waals surface area contributed by atoms with E-state index in [-0.39, 0.29) is 5.92 Å². The summed E-state index contributed by atoms with van der Waals surface area (Å²) in [6, 6.07) is 8.10. The number of anilines is 1. The highest BCUT2D eigenvalue weighted by Crippen LogP contribution is 2.46. The highest BCUT2D eigenvalue weighted by Gasteiger charge is 2.30. The first-order chi connectivity index (χ1) is 13.4. The normalized spacial score (nSPS) is 16.4. The average Bonchev–Trinajstić information content (AvgIpc) is 3.00. The summed E-state index contributed by atoms with van der Waals surface area (Å²) < 4.78 is 25.1. The van der Waals surface area contributed by atoms with Gasteiger partial charge in [0.2, 0.25) is 10.0 Å². The van der Waals surface area contributed by atoms with Gasteiger partial charge in [-0.3, -0.25) is 4.99 Å². The van der Waals surface area contributed by atoms with Gasteiger partial charge >= 0.3 is 0 Å². The van der Waals surface area contributed by atoms with Crippen LogP contribution in [-0.4, -0.2) is 31.9 Å². The molecule has 0 amide bonds. The van der Waals surface area contributed by atoms with Gasteiger partial charge in [-0.15, -0.1) is 0 Å². The second kappa shape index (κ2) is 9.01. The van der Waals surface area contributed by atoms with Crippen molar-refractivity contribution in [2.24, 2.45) is 4.99 Å². The van der Waals surface area contributed by atoms with E-state index in [1.165, 1.54) is 30.4 Å². The zero-order valence-electron chi connectivity index (χ0n) is 16.7. The van der Waals surface area contributed by atoms with E-state index in [9.17, 15) is 8.42 Å². The van der Waals surface area contributed by atoms with Gasteiger partial charge in [0.15, 0.2) is 0 Å². The quantitative estimate of drug-likeness (QED) is 0.579. The van der Waals surface area contributed by atoms with Gasteiger partial charge in [0, 0.05) is 23.6 Å².